The fourth-order valence-corrected chi connectivity index (χ4v) is 2.36. The van der Waals surface area contributed by atoms with Gasteiger partial charge in [0.25, 0.3) is 0 Å². The van der Waals surface area contributed by atoms with Crippen LogP contribution in [0.1, 0.15) is 23.5 Å². The molecule has 0 amide bonds. The van der Waals surface area contributed by atoms with Crippen LogP contribution in [0.3, 0.4) is 0 Å². The second-order valence-electron chi connectivity index (χ2n) is 4.42. The lowest BCUT2D eigenvalue weighted by Gasteiger charge is -2.17. The van der Waals surface area contributed by atoms with E-state index in [1.54, 1.807) is 0 Å². The van der Waals surface area contributed by atoms with Crippen LogP contribution < -0.4 is 0 Å². The zero-order valence-corrected chi connectivity index (χ0v) is 12.1. The molecule has 0 aliphatic heterocycles. The molecule has 2 rings (SSSR count). The summed E-state index contributed by atoms with van der Waals surface area (Å²) in [6.07, 6.45) is 0.467. The van der Waals surface area contributed by atoms with Gasteiger partial charge in [-0.2, -0.15) is 12.6 Å². The summed E-state index contributed by atoms with van der Waals surface area (Å²) in [5, 5.41) is 0.705. The molecule has 0 radical (unpaired) electrons. The number of carbonyl (C=O) groups excluding carboxylic acids is 1. The lowest BCUT2D eigenvalue weighted by molar-refractivity contribution is -0.116. The molecule has 0 aliphatic carbocycles. The van der Waals surface area contributed by atoms with Gasteiger partial charge < -0.3 is 0 Å². The fraction of sp³-hybridized carbons (Fsp3) is 0.188. The van der Waals surface area contributed by atoms with Crippen molar-refractivity contribution >= 4 is 30.0 Å². The third-order valence-electron chi connectivity index (χ3n) is 3.08. The highest BCUT2D eigenvalue weighted by molar-refractivity contribution is 7.81. The zero-order chi connectivity index (χ0) is 13.7. The molecule has 0 saturated carbocycles. The van der Waals surface area contributed by atoms with E-state index in [2.05, 4.69) is 12.6 Å². The van der Waals surface area contributed by atoms with Crippen molar-refractivity contribution < 1.29 is 4.79 Å². The summed E-state index contributed by atoms with van der Waals surface area (Å²) in [7, 11) is 0. The molecule has 0 aliphatic rings. The van der Waals surface area contributed by atoms with Crippen LogP contribution in [0, 0.1) is 0 Å². The predicted octanol–water partition coefficient (Wildman–Crippen LogP) is 4.36. The molecule has 0 aromatic heterocycles. The molecule has 0 saturated heterocycles. The first kappa shape index (κ1) is 14.2. The summed E-state index contributed by atoms with van der Waals surface area (Å²) in [5.74, 6) is 0.488. The number of hydrogen-bond donors (Lipinski definition) is 1. The molecule has 19 heavy (non-hydrogen) atoms. The van der Waals surface area contributed by atoms with E-state index in [1.807, 2.05) is 54.6 Å². The maximum atomic E-state index is 11.7. The summed E-state index contributed by atoms with van der Waals surface area (Å²) in [5.41, 5.74) is 2.24. The van der Waals surface area contributed by atoms with Crippen LogP contribution in [0.15, 0.2) is 54.6 Å². The molecule has 1 unspecified atom stereocenters. The minimum absolute atomic E-state index is 0.0677. The molecule has 0 N–H and O–H groups in total. The van der Waals surface area contributed by atoms with E-state index in [4.69, 9.17) is 11.6 Å². The van der Waals surface area contributed by atoms with Gasteiger partial charge in [-0.05, 0) is 23.3 Å². The Morgan fingerprint density at radius 2 is 1.58 bits per heavy atom. The van der Waals surface area contributed by atoms with Crippen molar-refractivity contribution in [3.63, 3.8) is 0 Å². The third kappa shape index (κ3) is 3.85. The summed E-state index contributed by atoms with van der Waals surface area (Å²) < 4.78 is 0. The fourth-order valence-electron chi connectivity index (χ4n) is 2.10. The van der Waals surface area contributed by atoms with Gasteiger partial charge in [0.1, 0.15) is 5.78 Å². The van der Waals surface area contributed by atoms with E-state index in [0.29, 0.717) is 11.4 Å². The monoisotopic (exact) mass is 290 g/mol. The van der Waals surface area contributed by atoms with Gasteiger partial charge in [-0.1, -0.05) is 54.1 Å². The van der Waals surface area contributed by atoms with Crippen molar-refractivity contribution in [1.82, 2.24) is 0 Å². The topological polar surface area (TPSA) is 17.1 Å². The Hall–Kier alpha value is -1.25. The van der Waals surface area contributed by atoms with Gasteiger partial charge in [0, 0.05) is 23.1 Å². The molecule has 0 heterocycles. The number of ketones is 1. The van der Waals surface area contributed by atoms with E-state index < -0.39 is 0 Å². The molecular formula is C16H15ClOS. The Morgan fingerprint density at radius 1 is 1.00 bits per heavy atom. The van der Waals surface area contributed by atoms with Crippen LogP contribution in [0.4, 0.5) is 0 Å². The van der Waals surface area contributed by atoms with Crippen molar-refractivity contribution in [2.75, 3.05) is 5.75 Å². The van der Waals surface area contributed by atoms with Gasteiger partial charge in [-0.15, -0.1) is 0 Å². The lowest BCUT2D eigenvalue weighted by atomic mass is 9.87. The Balaban J connectivity index is 2.34. The second-order valence-corrected chi connectivity index (χ2v) is 5.17. The van der Waals surface area contributed by atoms with Crippen LogP contribution in [0.2, 0.25) is 5.02 Å². The Labute approximate surface area is 124 Å². The first-order valence-corrected chi connectivity index (χ1v) is 7.14. The van der Waals surface area contributed by atoms with Gasteiger partial charge in [-0.3, -0.25) is 4.79 Å². The van der Waals surface area contributed by atoms with E-state index in [-0.39, 0.29) is 17.5 Å². The van der Waals surface area contributed by atoms with Crippen molar-refractivity contribution in [2.24, 2.45) is 0 Å². The van der Waals surface area contributed by atoms with Gasteiger partial charge in [0.05, 0.1) is 0 Å². The molecule has 0 spiro atoms. The average Bonchev–Trinajstić information content (AvgIpc) is 2.46. The molecule has 98 valence electrons. The Kier molecular flexibility index (Phi) is 5.06. The Morgan fingerprint density at radius 3 is 2.16 bits per heavy atom. The van der Waals surface area contributed by atoms with Crippen LogP contribution in [-0.4, -0.2) is 11.5 Å². The summed E-state index contributed by atoms with van der Waals surface area (Å²) in [6, 6.07) is 17.7. The average molecular weight is 291 g/mol. The molecule has 2 aromatic rings. The standard InChI is InChI=1S/C16H15ClOS/c17-14-8-6-13(7-9-14)16(10-15(18)11-19)12-4-2-1-3-5-12/h1-9,16,19H,10-11H2. The highest BCUT2D eigenvalue weighted by Crippen LogP contribution is 2.29. The first-order chi connectivity index (χ1) is 9.20. The largest absolute Gasteiger partial charge is 0.299 e. The minimum atomic E-state index is 0.0677. The first-order valence-electron chi connectivity index (χ1n) is 6.13. The third-order valence-corrected chi connectivity index (χ3v) is 3.69. The van der Waals surface area contributed by atoms with Crippen molar-refractivity contribution in [3.05, 3.63) is 70.7 Å². The summed E-state index contributed by atoms with van der Waals surface area (Å²) >= 11 is 9.98. The Bertz CT molecular complexity index is 536. The van der Waals surface area contributed by atoms with E-state index in [9.17, 15) is 4.79 Å². The van der Waals surface area contributed by atoms with Gasteiger partial charge in [-0.25, -0.2) is 0 Å². The highest BCUT2D eigenvalue weighted by Gasteiger charge is 2.17. The number of Topliss-reactive ketones (excluding diaryl/α,β-unsaturated/α-hetero) is 1. The molecule has 2 aromatic carbocycles. The van der Waals surface area contributed by atoms with Crippen molar-refractivity contribution in [3.8, 4) is 0 Å². The molecule has 3 heteroatoms. The van der Waals surface area contributed by atoms with Crippen LogP contribution in [-0.2, 0) is 4.79 Å². The van der Waals surface area contributed by atoms with Crippen LogP contribution in [0.25, 0.3) is 0 Å². The van der Waals surface area contributed by atoms with Crippen molar-refractivity contribution in [2.45, 2.75) is 12.3 Å². The maximum absolute atomic E-state index is 11.7. The molecule has 1 atom stereocenters. The maximum Gasteiger partial charge on any atom is 0.143 e. The molecule has 1 nitrogen and oxygen atoms in total. The number of hydrogen-bond acceptors (Lipinski definition) is 2. The van der Waals surface area contributed by atoms with Crippen LogP contribution >= 0.6 is 24.2 Å². The van der Waals surface area contributed by atoms with Gasteiger partial charge >= 0.3 is 0 Å². The highest BCUT2D eigenvalue weighted by atomic mass is 35.5. The SMILES string of the molecule is O=C(CS)CC(c1ccccc1)c1ccc(Cl)cc1. The molecule has 0 fully saturated rings. The minimum Gasteiger partial charge on any atom is -0.299 e. The molecule has 0 bridgehead atoms. The summed E-state index contributed by atoms with van der Waals surface area (Å²) in [6.45, 7) is 0. The number of thiol groups is 1. The quantitative estimate of drug-likeness (QED) is 0.810. The molecular weight excluding hydrogens is 276 g/mol. The predicted molar refractivity (Wildman–Crippen MR) is 83.2 cm³/mol. The number of rotatable bonds is 5. The number of carbonyl (C=O) groups is 1. The number of benzene rings is 2. The smallest absolute Gasteiger partial charge is 0.143 e. The van der Waals surface area contributed by atoms with Crippen molar-refractivity contribution in [1.29, 1.82) is 0 Å². The normalized spacial score (nSPS) is 12.1. The van der Waals surface area contributed by atoms with Gasteiger partial charge in [0.15, 0.2) is 0 Å². The second kappa shape index (κ2) is 6.78. The van der Waals surface area contributed by atoms with Gasteiger partial charge in [0.2, 0.25) is 0 Å². The number of halogens is 1. The van der Waals surface area contributed by atoms with E-state index in [1.165, 1.54) is 0 Å². The lowest BCUT2D eigenvalue weighted by Crippen LogP contribution is -2.09. The van der Waals surface area contributed by atoms with E-state index >= 15 is 0 Å². The van der Waals surface area contributed by atoms with Crippen LogP contribution in [0.5, 0.6) is 0 Å². The summed E-state index contributed by atoms with van der Waals surface area (Å²) in [4.78, 5) is 11.7. The van der Waals surface area contributed by atoms with E-state index in [0.717, 1.165) is 11.1 Å². The zero-order valence-electron chi connectivity index (χ0n) is 10.4.